The van der Waals surface area contributed by atoms with E-state index < -0.39 is 17.2 Å². The number of hydrogen-bond donors (Lipinski definition) is 3. The smallest absolute Gasteiger partial charge is 0.251 e. The highest BCUT2D eigenvalue weighted by Gasteiger charge is 2.54. The minimum absolute atomic E-state index is 0. The summed E-state index contributed by atoms with van der Waals surface area (Å²) >= 11 is 6.59. The molecule has 3 fully saturated rings. The molecule has 2 aromatic rings. The summed E-state index contributed by atoms with van der Waals surface area (Å²) in [4.78, 5) is 43.5. The third kappa shape index (κ3) is 7.94. The van der Waals surface area contributed by atoms with Gasteiger partial charge in [-0.25, -0.2) is 0 Å². The lowest BCUT2D eigenvalue weighted by molar-refractivity contribution is -0.163. The number of hydrogen-bond acceptors (Lipinski definition) is 6. The molecule has 1 saturated carbocycles. The average Bonchev–Trinajstić information content (AvgIpc) is 3.02. The number of aliphatic hydroxyl groups is 1. The van der Waals surface area contributed by atoms with Crippen molar-refractivity contribution in [1.82, 2.24) is 20.4 Å². The van der Waals surface area contributed by atoms with Crippen molar-refractivity contribution < 1.29 is 24.2 Å². The number of unbranched alkanes of at least 4 members (excludes halogenated alkanes) is 1. The van der Waals surface area contributed by atoms with Crippen LogP contribution in [-0.2, 0) is 16.1 Å². The first-order valence-corrected chi connectivity index (χ1v) is 16.4. The lowest BCUT2D eigenvalue weighted by Crippen LogP contribution is -2.73. The molecule has 3 N–H and O–H groups in total. The molecular formula is C34H46Cl2N4O5. The Bertz CT molecular complexity index is 1340. The van der Waals surface area contributed by atoms with E-state index in [9.17, 15) is 19.5 Å². The number of carbonyl (C=O) groups excluding carboxylic acids is 3. The van der Waals surface area contributed by atoms with Gasteiger partial charge in [0.2, 0.25) is 11.8 Å². The molecule has 11 heteroatoms. The Hall–Kier alpha value is -2.85. The molecule has 0 unspecified atom stereocenters. The van der Waals surface area contributed by atoms with Crippen LogP contribution in [0.4, 0.5) is 0 Å². The van der Waals surface area contributed by atoms with Crippen molar-refractivity contribution in [1.29, 1.82) is 0 Å². The Morgan fingerprint density at radius 3 is 2.38 bits per heavy atom. The Labute approximate surface area is 277 Å². The summed E-state index contributed by atoms with van der Waals surface area (Å²) in [5, 5.41) is 17.3. The monoisotopic (exact) mass is 660 g/mol. The van der Waals surface area contributed by atoms with E-state index in [1.54, 1.807) is 31.3 Å². The van der Waals surface area contributed by atoms with E-state index in [0.717, 1.165) is 37.7 Å². The van der Waals surface area contributed by atoms with E-state index in [1.807, 2.05) is 23.1 Å². The first kappa shape index (κ1) is 35.0. The predicted octanol–water partition coefficient (Wildman–Crippen LogP) is 5.46. The SMILES string of the molecule is CCCCN1C(=O)[C@@H](CC2(O)CCCCC2)NC(=O)C12CCN(Cc1ccc(Oc3ccc(C(=O)NC)cc3)c(Cl)c1)CC2.Cl. The number of benzene rings is 2. The molecule has 2 aromatic carbocycles. The van der Waals surface area contributed by atoms with E-state index in [0.29, 0.717) is 80.4 Å². The number of ether oxygens (including phenoxy) is 1. The molecule has 0 aromatic heterocycles. The Morgan fingerprint density at radius 1 is 1.07 bits per heavy atom. The van der Waals surface area contributed by atoms with Crippen molar-refractivity contribution in [2.45, 2.75) is 94.9 Å². The quantitative estimate of drug-likeness (QED) is 0.312. The van der Waals surface area contributed by atoms with Crippen molar-refractivity contribution >= 4 is 41.7 Å². The maximum atomic E-state index is 13.8. The maximum absolute atomic E-state index is 13.8. The second-order valence-electron chi connectivity index (χ2n) is 12.6. The molecule has 3 aliphatic rings. The van der Waals surface area contributed by atoms with Crippen LogP contribution in [0.25, 0.3) is 0 Å². The van der Waals surface area contributed by atoms with Crippen molar-refractivity contribution in [3.8, 4) is 11.5 Å². The van der Waals surface area contributed by atoms with Crippen LogP contribution in [0.5, 0.6) is 11.5 Å². The van der Waals surface area contributed by atoms with Gasteiger partial charge in [0.15, 0.2) is 0 Å². The largest absolute Gasteiger partial charge is 0.456 e. The number of piperazine rings is 1. The number of carbonyl (C=O) groups is 3. The molecule has 1 aliphatic carbocycles. The molecule has 45 heavy (non-hydrogen) atoms. The zero-order valence-electron chi connectivity index (χ0n) is 26.3. The van der Waals surface area contributed by atoms with Crippen LogP contribution in [0.3, 0.4) is 0 Å². The molecule has 9 nitrogen and oxygen atoms in total. The second kappa shape index (κ2) is 15.2. The maximum Gasteiger partial charge on any atom is 0.251 e. The minimum atomic E-state index is -0.880. The number of likely N-dealkylation sites (tertiary alicyclic amines) is 1. The molecule has 2 saturated heterocycles. The summed E-state index contributed by atoms with van der Waals surface area (Å²) in [6.45, 7) is 4.66. The highest BCUT2D eigenvalue weighted by atomic mass is 35.5. The molecule has 246 valence electrons. The summed E-state index contributed by atoms with van der Waals surface area (Å²) in [5.41, 5.74) is -0.154. The molecule has 3 amide bonds. The number of amides is 3. The Morgan fingerprint density at radius 2 is 1.76 bits per heavy atom. The number of nitrogens with one attached hydrogen (secondary N) is 2. The fourth-order valence-corrected chi connectivity index (χ4v) is 7.20. The van der Waals surface area contributed by atoms with Gasteiger partial charge in [-0.2, -0.15) is 0 Å². The Kier molecular flexibility index (Phi) is 11.8. The van der Waals surface area contributed by atoms with E-state index in [4.69, 9.17) is 16.3 Å². The van der Waals surface area contributed by atoms with Crippen LogP contribution in [0.1, 0.15) is 87.1 Å². The lowest BCUT2D eigenvalue weighted by Gasteiger charge is -2.52. The molecule has 0 radical (unpaired) electrons. The van der Waals surface area contributed by atoms with E-state index in [1.165, 1.54) is 0 Å². The van der Waals surface area contributed by atoms with Crippen molar-refractivity contribution in [2.24, 2.45) is 0 Å². The van der Waals surface area contributed by atoms with Crippen LogP contribution in [0.15, 0.2) is 42.5 Å². The van der Waals surface area contributed by atoms with Crippen LogP contribution in [-0.4, -0.2) is 76.5 Å². The number of nitrogens with zero attached hydrogens (tertiary/aromatic N) is 2. The van der Waals surface area contributed by atoms with Gasteiger partial charge in [0.05, 0.1) is 10.6 Å². The van der Waals surface area contributed by atoms with Crippen molar-refractivity contribution in [2.75, 3.05) is 26.7 Å². The van der Waals surface area contributed by atoms with Gasteiger partial charge < -0.3 is 25.4 Å². The molecule has 0 bridgehead atoms. The van der Waals surface area contributed by atoms with Crippen molar-refractivity contribution in [3.63, 3.8) is 0 Å². The first-order valence-electron chi connectivity index (χ1n) is 16.0. The summed E-state index contributed by atoms with van der Waals surface area (Å²) in [6, 6.07) is 11.9. The Balaban J connectivity index is 0.00000461. The number of rotatable bonds is 10. The molecule has 2 aliphatic heterocycles. The van der Waals surface area contributed by atoms with Gasteiger partial charge >= 0.3 is 0 Å². The van der Waals surface area contributed by atoms with Gasteiger partial charge in [-0.3, -0.25) is 19.3 Å². The predicted molar refractivity (Wildman–Crippen MR) is 177 cm³/mol. The molecule has 1 spiro atoms. The average molecular weight is 662 g/mol. The molecule has 1 atom stereocenters. The fraction of sp³-hybridized carbons (Fsp3) is 0.559. The van der Waals surface area contributed by atoms with E-state index >= 15 is 0 Å². The van der Waals surface area contributed by atoms with Gasteiger partial charge in [-0.1, -0.05) is 50.3 Å². The van der Waals surface area contributed by atoms with Crippen LogP contribution in [0, 0.1) is 0 Å². The van der Waals surface area contributed by atoms with Gasteiger partial charge in [-0.15, -0.1) is 12.4 Å². The minimum Gasteiger partial charge on any atom is -0.456 e. The van der Waals surface area contributed by atoms with Crippen LogP contribution in [0.2, 0.25) is 5.02 Å². The molecule has 5 rings (SSSR count). The zero-order valence-corrected chi connectivity index (χ0v) is 27.9. The fourth-order valence-electron chi connectivity index (χ4n) is 6.96. The number of piperidine rings is 1. The molecule has 2 heterocycles. The van der Waals surface area contributed by atoms with Gasteiger partial charge in [0.1, 0.15) is 23.1 Å². The van der Waals surface area contributed by atoms with E-state index in [-0.39, 0.29) is 30.1 Å². The lowest BCUT2D eigenvalue weighted by atomic mass is 9.77. The van der Waals surface area contributed by atoms with Crippen LogP contribution >= 0.6 is 24.0 Å². The zero-order chi connectivity index (χ0) is 31.3. The second-order valence-corrected chi connectivity index (χ2v) is 13.0. The van der Waals surface area contributed by atoms with Gasteiger partial charge in [-0.05, 0) is 74.1 Å². The van der Waals surface area contributed by atoms with Crippen molar-refractivity contribution in [3.05, 3.63) is 58.6 Å². The highest BCUT2D eigenvalue weighted by molar-refractivity contribution is 6.32. The highest BCUT2D eigenvalue weighted by Crippen LogP contribution is 2.38. The molecular weight excluding hydrogens is 615 g/mol. The van der Waals surface area contributed by atoms with Gasteiger partial charge in [0, 0.05) is 45.2 Å². The van der Waals surface area contributed by atoms with E-state index in [2.05, 4.69) is 22.5 Å². The third-order valence-electron chi connectivity index (χ3n) is 9.57. The summed E-state index contributed by atoms with van der Waals surface area (Å²) < 4.78 is 5.95. The summed E-state index contributed by atoms with van der Waals surface area (Å²) in [7, 11) is 1.59. The van der Waals surface area contributed by atoms with Gasteiger partial charge in [0.25, 0.3) is 5.91 Å². The summed E-state index contributed by atoms with van der Waals surface area (Å²) in [5.74, 6) is 0.820. The first-order chi connectivity index (χ1) is 21.2. The summed E-state index contributed by atoms with van der Waals surface area (Å²) in [6.07, 6.45) is 7.59. The third-order valence-corrected chi connectivity index (χ3v) is 9.86. The standard InChI is InChI=1S/C34H45ClN4O5.ClH/c1-3-4-18-39-31(41)28(22-33(43)14-6-5-7-15-33)37-32(42)34(39)16-19-38(20-17-34)23-24-8-13-29(27(35)21-24)44-26-11-9-25(10-12-26)30(40)36-2;/h8-13,21,28,43H,3-7,14-20,22-23H2,1-2H3,(H,36,40)(H,37,42);1H/t28-;/m1./s1. The van der Waals surface area contributed by atoms with Crippen LogP contribution < -0.4 is 15.4 Å². The number of halogens is 2. The normalized spacial score (nSPS) is 21.2. The topological polar surface area (TPSA) is 111 Å².